The first-order valence-electron chi connectivity index (χ1n) is 8.23. The SMILES string of the molecule is C=C(C1=CCCCC1)[Si](C)(c1ccccc1)c1ccccc1. The van der Waals surface area contributed by atoms with Crippen LogP contribution in [-0.4, -0.2) is 8.07 Å². The van der Waals surface area contributed by atoms with Crippen LogP contribution in [0.3, 0.4) is 0 Å². The molecule has 0 aromatic heterocycles. The monoisotopic (exact) mass is 304 g/mol. The Labute approximate surface area is 135 Å². The van der Waals surface area contributed by atoms with E-state index in [4.69, 9.17) is 0 Å². The highest BCUT2D eigenvalue weighted by Gasteiger charge is 2.36. The predicted molar refractivity (Wildman–Crippen MR) is 99.5 cm³/mol. The average molecular weight is 305 g/mol. The summed E-state index contributed by atoms with van der Waals surface area (Å²) in [6.07, 6.45) is 7.47. The number of allylic oxidation sites excluding steroid dienone is 3. The molecule has 112 valence electrons. The first kappa shape index (κ1) is 15.0. The van der Waals surface area contributed by atoms with Crippen LogP contribution in [0.4, 0.5) is 0 Å². The summed E-state index contributed by atoms with van der Waals surface area (Å²) in [7, 11) is -1.96. The Kier molecular flexibility index (Phi) is 4.44. The van der Waals surface area contributed by atoms with Crippen molar-refractivity contribution in [3.63, 3.8) is 0 Å². The molecule has 1 aliphatic rings. The Morgan fingerprint density at radius 2 is 1.41 bits per heavy atom. The molecule has 0 spiro atoms. The molecular formula is C21H24Si. The van der Waals surface area contributed by atoms with Gasteiger partial charge >= 0.3 is 0 Å². The highest BCUT2D eigenvalue weighted by Crippen LogP contribution is 2.29. The van der Waals surface area contributed by atoms with Crippen LogP contribution in [0.1, 0.15) is 25.7 Å². The van der Waals surface area contributed by atoms with Crippen LogP contribution in [0.2, 0.25) is 6.55 Å². The maximum atomic E-state index is 4.60. The van der Waals surface area contributed by atoms with Crippen molar-refractivity contribution < 1.29 is 0 Å². The van der Waals surface area contributed by atoms with Crippen molar-refractivity contribution in [2.45, 2.75) is 32.2 Å². The molecule has 2 aromatic rings. The number of hydrogen-bond donors (Lipinski definition) is 0. The summed E-state index contributed by atoms with van der Waals surface area (Å²) in [5, 5.41) is 4.31. The van der Waals surface area contributed by atoms with Crippen molar-refractivity contribution in [1.82, 2.24) is 0 Å². The molecule has 3 rings (SSSR count). The minimum atomic E-state index is -1.96. The Morgan fingerprint density at radius 1 is 0.864 bits per heavy atom. The summed E-state index contributed by atoms with van der Waals surface area (Å²) in [5.41, 5.74) is 1.51. The molecule has 1 aliphatic carbocycles. The number of benzene rings is 2. The standard InChI is InChI=1S/C21H24Si/c1-18(19-12-6-3-7-13-19)22(2,20-14-8-4-9-15-20)21-16-10-5-11-17-21/h4-5,8-12,14-17H,1,3,6-7,13H2,2H3. The molecule has 0 unspecified atom stereocenters. The fourth-order valence-corrected chi connectivity index (χ4v) is 7.11. The number of hydrogen-bond acceptors (Lipinski definition) is 0. The highest BCUT2D eigenvalue weighted by molar-refractivity contribution is 7.07. The lowest BCUT2D eigenvalue weighted by Gasteiger charge is -2.33. The fraction of sp³-hybridized carbons (Fsp3) is 0.238. The topological polar surface area (TPSA) is 0 Å². The Balaban J connectivity index is 2.11. The van der Waals surface area contributed by atoms with E-state index >= 15 is 0 Å². The molecule has 0 amide bonds. The summed E-state index contributed by atoms with van der Waals surface area (Å²) >= 11 is 0. The summed E-state index contributed by atoms with van der Waals surface area (Å²) in [4.78, 5) is 0. The molecule has 22 heavy (non-hydrogen) atoms. The van der Waals surface area contributed by atoms with Gasteiger partial charge in [0, 0.05) is 0 Å². The van der Waals surface area contributed by atoms with E-state index in [0.29, 0.717) is 0 Å². The third-order valence-electron chi connectivity index (χ3n) is 4.98. The largest absolute Gasteiger partial charge is 0.144 e. The van der Waals surface area contributed by atoms with Gasteiger partial charge in [0.05, 0.1) is 0 Å². The summed E-state index contributed by atoms with van der Waals surface area (Å²) in [6, 6.07) is 22.0. The molecule has 0 saturated carbocycles. The molecule has 0 saturated heterocycles. The van der Waals surface area contributed by atoms with Gasteiger partial charge in [0.2, 0.25) is 0 Å². The van der Waals surface area contributed by atoms with Crippen molar-refractivity contribution in [1.29, 1.82) is 0 Å². The lowest BCUT2D eigenvalue weighted by molar-refractivity contribution is 0.710. The van der Waals surface area contributed by atoms with Gasteiger partial charge in [-0.05, 0) is 36.1 Å². The first-order valence-corrected chi connectivity index (χ1v) is 10.7. The second-order valence-corrected chi connectivity index (χ2v) is 10.3. The summed E-state index contributed by atoms with van der Waals surface area (Å²) in [5.74, 6) is 0. The van der Waals surface area contributed by atoms with Crippen molar-refractivity contribution in [2.24, 2.45) is 0 Å². The molecule has 0 radical (unpaired) electrons. The molecule has 0 atom stereocenters. The van der Waals surface area contributed by atoms with Crippen molar-refractivity contribution in [2.75, 3.05) is 0 Å². The van der Waals surface area contributed by atoms with Gasteiger partial charge in [0.15, 0.2) is 0 Å². The summed E-state index contributed by atoms with van der Waals surface area (Å²) < 4.78 is 0. The van der Waals surface area contributed by atoms with Crippen LogP contribution in [-0.2, 0) is 0 Å². The van der Waals surface area contributed by atoms with Gasteiger partial charge in [-0.2, -0.15) is 0 Å². The Morgan fingerprint density at radius 3 is 1.86 bits per heavy atom. The highest BCUT2D eigenvalue weighted by atomic mass is 28.3. The molecule has 0 N–H and O–H groups in total. The van der Waals surface area contributed by atoms with Gasteiger partial charge in [-0.1, -0.05) is 90.6 Å². The zero-order valence-corrected chi connectivity index (χ0v) is 14.4. The molecule has 0 bridgehead atoms. The van der Waals surface area contributed by atoms with E-state index in [1.54, 1.807) is 0 Å². The second-order valence-electron chi connectivity index (χ2n) is 6.31. The van der Waals surface area contributed by atoms with Gasteiger partial charge in [-0.15, -0.1) is 0 Å². The lowest BCUT2D eigenvalue weighted by atomic mass is 10.00. The molecule has 0 heterocycles. The Bertz CT molecular complexity index is 628. The summed E-state index contributed by atoms with van der Waals surface area (Å²) in [6.45, 7) is 7.05. The van der Waals surface area contributed by atoms with Crippen molar-refractivity contribution >= 4 is 18.4 Å². The molecule has 0 fully saturated rings. The average Bonchev–Trinajstić information content (AvgIpc) is 2.62. The maximum absolute atomic E-state index is 4.60. The van der Waals surface area contributed by atoms with Crippen molar-refractivity contribution in [3.05, 3.63) is 84.1 Å². The normalized spacial score (nSPS) is 15.2. The molecule has 0 nitrogen and oxygen atoms in total. The minimum Gasteiger partial charge on any atom is -0.0988 e. The zero-order chi connectivity index (χ0) is 15.4. The van der Waals surface area contributed by atoms with E-state index in [1.807, 2.05) is 0 Å². The smallest absolute Gasteiger partial charge is 0.0988 e. The maximum Gasteiger partial charge on any atom is 0.144 e. The molecular weight excluding hydrogens is 280 g/mol. The third kappa shape index (κ3) is 2.73. The van der Waals surface area contributed by atoms with Crippen LogP contribution in [0.5, 0.6) is 0 Å². The van der Waals surface area contributed by atoms with Crippen LogP contribution in [0.15, 0.2) is 84.1 Å². The number of rotatable bonds is 4. The van der Waals surface area contributed by atoms with E-state index in [1.165, 1.54) is 46.8 Å². The fourth-order valence-electron chi connectivity index (χ4n) is 3.49. The van der Waals surface area contributed by atoms with Crippen molar-refractivity contribution in [3.8, 4) is 0 Å². The molecule has 1 heteroatoms. The Hall–Kier alpha value is -1.86. The molecule has 0 aliphatic heterocycles. The van der Waals surface area contributed by atoms with E-state index in [0.717, 1.165) is 0 Å². The van der Waals surface area contributed by atoms with E-state index in [-0.39, 0.29) is 0 Å². The van der Waals surface area contributed by atoms with Crippen LogP contribution < -0.4 is 10.4 Å². The van der Waals surface area contributed by atoms with Gasteiger partial charge in [-0.3, -0.25) is 0 Å². The predicted octanol–water partition coefficient (Wildman–Crippen LogP) is 4.48. The van der Waals surface area contributed by atoms with Crippen LogP contribution in [0, 0.1) is 0 Å². The first-order chi connectivity index (χ1) is 10.7. The van der Waals surface area contributed by atoms with E-state index in [2.05, 4.69) is 79.9 Å². The minimum absolute atomic E-state index is 1.20. The van der Waals surface area contributed by atoms with E-state index < -0.39 is 8.07 Å². The molecule has 2 aromatic carbocycles. The van der Waals surface area contributed by atoms with Crippen LogP contribution >= 0.6 is 0 Å². The van der Waals surface area contributed by atoms with Crippen LogP contribution in [0.25, 0.3) is 0 Å². The van der Waals surface area contributed by atoms with Gasteiger partial charge in [-0.25, -0.2) is 0 Å². The zero-order valence-electron chi connectivity index (χ0n) is 13.4. The quantitative estimate of drug-likeness (QED) is 0.731. The van der Waals surface area contributed by atoms with Gasteiger partial charge < -0.3 is 0 Å². The second kappa shape index (κ2) is 6.49. The lowest BCUT2D eigenvalue weighted by Crippen LogP contribution is -2.57. The van der Waals surface area contributed by atoms with E-state index in [9.17, 15) is 0 Å². The van der Waals surface area contributed by atoms with Gasteiger partial charge in [0.25, 0.3) is 0 Å². The third-order valence-corrected chi connectivity index (χ3v) is 9.49. The van der Waals surface area contributed by atoms with Gasteiger partial charge in [0.1, 0.15) is 8.07 Å².